The van der Waals surface area contributed by atoms with Crippen molar-refractivity contribution < 1.29 is 32.9 Å². The molecule has 0 unspecified atom stereocenters. The Bertz CT molecular complexity index is 2670. The average molecular weight is 941 g/mol. The van der Waals surface area contributed by atoms with Crippen molar-refractivity contribution in [2.45, 2.75) is 90.6 Å². The van der Waals surface area contributed by atoms with Gasteiger partial charge in [-0.15, -0.1) is 0 Å². The van der Waals surface area contributed by atoms with Crippen molar-refractivity contribution in [1.82, 2.24) is 39.7 Å². The van der Waals surface area contributed by atoms with Crippen molar-refractivity contribution >= 4 is 62.3 Å². The molecule has 4 amide bonds. The fraction of sp³-hybridized carbons (Fsp3) is 0.457. The highest BCUT2D eigenvalue weighted by molar-refractivity contribution is 7.19. The maximum absolute atomic E-state index is 14.7. The number of hydrogen-bond donors (Lipinski definition) is 3. The molecule has 3 aromatic heterocycles. The summed E-state index contributed by atoms with van der Waals surface area (Å²) in [4.78, 5) is 72.1. The Labute approximate surface area is 389 Å². The number of anilines is 4. The van der Waals surface area contributed by atoms with Gasteiger partial charge < -0.3 is 20.4 Å². The second kappa shape index (κ2) is 20.5. The number of unbranched alkanes of at least 4 members (excludes halogenated alkanes) is 2. The van der Waals surface area contributed by atoms with Gasteiger partial charge in [-0.3, -0.25) is 48.9 Å². The van der Waals surface area contributed by atoms with E-state index in [0.717, 1.165) is 59.5 Å². The lowest BCUT2D eigenvalue weighted by atomic mass is 9.92. The molecule has 0 saturated carbocycles. The Morgan fingerprint density at radius 3 is 2.51 bits per heavy atom. The zero-order chi connectivity index (χ0) is 47.4. The fourth-order valence-corrected chi connectivity index (χ4v) is 10.0. The number of nitro groups is 1. The molecule has 0 radical (unpaired) electrons. The van der Waals surface area contributed by atoms with Crippen LogP contribution >= 0.6 is 11.3 Å². The summed E-state index contributed by atoms with van der Waals surface area (Å²) in [6, 6.07) is 10.1. The first-order valence-corrected chi connectivity index (χ1v) is 23.4. The van der Waals surface area contributed by atoms with Gasteiger partial charge in [0, 0.05) is 93.8 Å². The van der Waals surface area contributed by atoms with E-state index in [9.17, 15) is 38.1 Å². The summed E-state index contributed by atoms with van der Waals surface area (Å²) in [5.74, 6) is -0.209. The number of para-hydroxylation sites is 1. The first-order valence-electron chi connectivity index (χ1n) is 22.6. The van der Waals surface area contributed by atoms with Gasteiger partial charge in [0.1, 0.15) is 5.69 Å². The largest absolute Gasteiger partial charge is 0.355 e. The van der Waals surface area contributed by atoms with Gasteiger partial charge >= 0.3 is 5.00 Å². The molecule has 3 N–H and O–H groups in total. The van der Waals surface area contributed by atoms with Crippen LogP contribution in [0.1, 0.15) is 103 Å². The van der Waals surface area contributed by atoms with Crippen molar-refractivity contribution in [1.29, 1.82) is 0 Å². The molecule has 67 heavy (non-hydrogen) atoms. The number of benzene rings is 2. The van der Waals surface area contributed by atoms with Gasteiger partial charge in [-0.25, -0.2) is 13.8 Å². The number of aromatic nitrogens is 5. The van der Waals surface area contributed by atoms with E-state index >= 15 is 0 Å². The standard InChI is InChI=1S/C46H54F2N12O6S/c1-28-45(60(65)66)67-46(51-28)53-44(64)33-11-6-7-12-37(33)52-40(62)13-5-4-8-17-49-41(63)27-56-19-14-32(15-20-56)59-38-16-21-57(29(2)61)26-36(38)43(54-59)58-18-9-10-30-22-34(31-24-50-55(3)25-31)35(42(47)48)23-39(30)58/h6-7,11-12,22-25,32,42H,4-5,8-10,13-21,26-27H2,1-3H3,(H,49,63)(H,52,62)(H,51,53,64). The van der Waals surface area contributed by atoms with Crippen molar-refractivity contribution in [3.05, 3.63) is 92.5 Å². The molecule has 1 fully saturated rings. The van der Waals surface area contributed by atoms with E-state index in [2.05, 4.69) is 40.5 Å². The number of piperidine rings is 1. The molecule has 1 saturated heterocycles. The highest BCUT2D eigenvalue weighted by atomic mass is 32.1. The minimum absolute atomic E-state index is 0.0236. The van der Waals surface area contributed by atoms with Crippen LogP contribution in [-0.2, 0) is 40.8 Å². The normalized spacial score (nSPS) is 15.3. The monoisotopic (exact) mass is 940 g/mol. The molecular weight excluding hydrogens is 887 g/mol. The zero-order valence-electron chi connectivity index (χ0n) is 37.7. The van der Waals surface area contributed by atoms with Crippen molar-refractivity contribution in [2.24, 2.45) is 7.05 Å². The molecule has 0 spiro atoms. The van der Waals surface area contributed by atoms with E-state index in [-0.39, 0.29) is 63.7 Å². The Morgan fingerprint density at radius 2 is 1.79 bits per heavy atom. The van der Waals surface area contributed by atoms with Crippen LogP contribution < -0.4 is 20.9 Å². The number of carbonyl (C=O) groups is 4. The molecule has 2 aromatic carbocycles. The van der Waals surface area contributed by atoms with Crippen LogP contribution in [0.3, 0.4) is 0 Å². The molecule has 0 bridgehead atoms. The predicted octanol–water partition coefficient (Wildman–Crippen LogP) is 7.09. The molecule has 354 valence electrons. The first-order chi connectivity index (χ1) is 32.2. The smallest absolute Gasteiger partial charge is 0.348 e. The number of nitrogens with zero attached hydrogens (tertiary/aromatic N) is 9. The van der Waals surface area contributed by atoms with Crippen LogP contribution in [0.4, 0.5) is 36.1 Å². The summed E-state index contributed by atoms with van der Waals surface area (Å²) >= 11 is 0.759. The number of fused-ring (bicyclic) bond motifs is 2. The van der Waals surface area contributed by atoms with Gasteiger partial charge in [0.25, 0.3) is 12.3 Å². The minimum Gasteiger partial charge on any atom is -0.355 e. The van der Waals surface area contributed by atoms with E-state index in [1.165, 1.54) is 6.92 Å². The molecule has 5 aromatic rings. The minimum atomic E-state index is -2.69. The summed E-state index contributed by atoms with van der Waals surface area (Å²) in [5, 5.41) is 29.0. The van der Waals surface area contributed by atoms with Crippen LogP contribution in [0.2, 0.25) is 0 Å². The van der Waals surface area contributed by atoms with E-state index in [4.69, 9.17) is 5.10 Å². The lowest BCUT2D eigenvalue weighted by Crippen LogP contribution is -2.42. The summed E-state index contributed by atoms with van der Waals surface area (Å²) in [5.41, 5.74) is 5.49. The second-order valence-corrected chi connectivity index (χ2v) is 18.3. The van der Waals surface area contributed by atoms with Gasteiger partial charge in [-0.05, 0) is 92.2 Å². The van der Waals surface area contributed by atoms with E-state index < -0.39 is 17.3 Å². The number of hydrogen-bond acceptors (Lipinski definition) is 12. The number of nitrogens with one attached hydrogen (secondary N) is 3. The molecule has 3 aliphatic rings. The maximum Gasteiger partial charge on any atom is 0.348 e. The summed E-state index contributed by atoms with van der Waals surface area (Å²) in [6.45, 7) is 6.75. The molecule has 6 heterocycles. The Morgan fingerprint density at radius 1 is 1.00 bits per heavy atom. The highest BCUT2D eigenvalue weighted by Gasteiger charge is 2.35. The van der Waals surface area contributed by atoms with Crippen LogP contribution in [0.15, 0.2) is 48.8 Å². The van der Waals surface area contributed by atoms with Gasteiger partial charge in [0.2, 0.25) is 17.7 Å². The van der Waals surface area contributed by atoms with Gasteiger partial charge in [-0.2, -0.15) is 10.2 Å². The van der Waals surface area contributed by atoms with Crippen LogP contribution in [0.25, 0.3) is 11.1 Å². The second-order valence-electron chi connectivity index (χ2n) is 17.3. The number of likely N-dealkylation sites (tertiary alicyclic amines) is 1. The summed E-state index contributed by atoms with van der Waals surface area (Å²) < 4.78 is 33.1. The van der Waals surface area contributed by atoms with Gasteiger partial charge in [0.05, 0.1) is 41.5 Å². The predicted molar refractivity (Wildman–Crippen MR) is 249 cm³/mol. The van der Waals surface area contributed by atoms with Crippen LogP contribution in [-0.4, -0.2) is 102 Å². The third-order valence-corrected chi connectivity index (χ3v) is 13.7. The molecule has 0 atom stereocenters. The summed E-state index contributed by atoms with van der Waals surface area (Å²) in [7, 11) is 1.76. The summed E-state index contributed by atoms with van der Waals surface area (Å²) in [6.07, 6.45) is 6.57. The Kier molecular flexibility index (Phi) is 14.3. The van der Waals surface area contributed by atoms with Crippen LogP contribution in [0.5, 0.6) is 0 Å². The zero-order valence-corrected chi connectivity index (χ0v) is 38.5. The topological polar surface area (TPSA) is 206 Å². The van der Waals surface area contributed by atoms with E-state index in [1.807, 2.05) is 11.0 Å². The van der Waals surface area contributed by atoms with E-state index in [1.54, 1.807) is 61.4 Å². The molecule has 0 aliphatic carbocycles. The fourth-order valence-electron chi connectivity index (χ4n) is 9.25. The van der Waals surface area contributed by atoms with Gasteiger partial charge in [-0.1, -0.05) is 18.6 Å². The number of aryl methyl sites for hydroxylation is 3. The number of amides is 4. The molecule has 18 nitrogen and oxygen atoms in total. The van der Waals surface area contributed by atoms with Gasteiger partial charge in [0.15, 0.2) is 10.9 Å². The molecular formula is C46H54F2N12O6S. The van der Waals surface area contributed by atoms with Crippen molar-refractivity contribution in [3.63, 3.8) is 0 Å². The van der Waals surface area contributed by atoms with Crippen LogP contribution in [0, 0.1) is 17.0 Å². The molecule has 21 heteroatoms. The highest BCUT2D eigenvalue weighted by Crippen LogP contribution is 2.44. The number of carbonyl (C=O) groups excluding carboxylic acids is 4. The first kappa shape index (κ1) is 46.9. The molecule has 3 aliphatic heterocycles. The van der Waals surface area contributed by atoms with Crippen molar-refractivity contribution in [2.75, 3.05) is 54.8 Å². The number of rotatable bonds is 16. The Hall–Kier alpha value is -6.61. The number of halogens is 2. The maximum atomic E-state index is 14.7. The lowest BCUT2D eigenvalue weighted by molar-refractivity contribution is -0.380. The third kappa shape index (κ3) is 10.7. The lowest BCUT2D eigenvalue weighted by Gasteiger charge is -2.33. The SMILES string of the molecule is CC(=O)N1CCc2c(c(N3CCCc4cc(-c5cnn(C)c5)c(C(F)F)cc43)nn2C2CCN(CC(=O)NCCCCCC(=O)Nc3ccccc3C(=O)Nc3nc(C)c([N+](=O)[O-])s3)CC2)C1. The Balaban J connectivity index is 0.818. The third-order valence-electron chi connectivity index (χ3n) is 12.7. The van der Waals surface area contributed by atoms with Crippen molar-refractivity contribution in [3.8, 4) is 11.1 Å². The number of thiazole rings is 1. The number of alkyl halides is 2. The quantitative estimate of drug-likeness (QED) is 0.0518. The molecule has 8 rings (SSSR count). The van der Waals surface area contributed by atoms with E-state index in [0.29, 0.717) is 87.6 Å². The average Bonchev–Trinajstić information content (AvgIpc) is 4.03.